The number of hydrogen-bond donors (Lipinski definition) is 2. The molecule has 1 atom stereocenters. The van der Waals surface area contributed by atoms with Crippen LogP contribution in [-0.4, -0.2) is 81.7 Å². The lowest BCUT2D eigenvalue weighted by Crippen LogP contribution is -2.47. The monoisotopic (exact) mass is 515 g/mol. The van der Waals surface area contributed by atoms with Gasteiger partial charge in [0.05, 0.1) is 5.25 Å². The van der Waals surface area contributed by atoms with Crippen molar-refractivity contribution < 1.29 is 13.2 Å². The molecule has 2 N–H and O–H groups in total. The van der Waals surface area contributed by atoms with Crippen molar-refractivity contribution in [1.29, 1.82) is 0 Å². The molecule has 158 valence electrons. The summed E-state index contributed by atoms with van der Waals surface area (Å²) in [5.41, 5.74) is 0. The first-order chi connectivity index (χ1) is 12.3. The summed E-state index contributed by atoms with van der Waals surface area (Å²) in [4.78, 5) is 19.9. The summed E-state index contributed by atoms with van der Waals surface area (Å²) in [7, 11) is 0.115. The van der Waals surface area contributed by atoms with Gasteiger partial charge in [0, 0.05) is 39.8 Å². The minimum atomic E-state index is -3.30. The number of aliphatic imine (C=N–C) groups is 1. The fraction of sp³-hybridized carbons (Fsp3) is 0.882. The van der Waals surface area contributed by atoms with E-state index in [4.69, 9.17) is 0 Å². The third-order valence-electron chi connectivity index (χ3n) is 5.03. The average Bonchev–Trinajstić information content (AvgIpc) is 3.10. The Kier molecular flexibility index (Phi) is 10.3. The minimum absolute atomic E-state index is 0. The number of sulfonamides is 1. The molecule has 1 saturated carbocycles. The van der Waals surface area contributed by atoms with Crippen LogP contribution >= 0.6 is 24.0 Å². The third-order valence-corrected chi connectivity index (χ3v) is 6.98. The number of likely N-dealkylation sites (N-methyl/N-ethyl adjacent to an activating group) is 1. The number of amides is 1. The molecule has 1 heterocycles. The highest BCUT2D eigenvalue weighted by Gasteiger charge is 2.34. The second-order valence-electron chi connectivity index (χ2n) is 7.31. The molecule has 0 aromatic heterocycles. The Morgan fingerprint density at radius 3 is 2.44 bits per heavy atom. The predicted molar refractivity (Wildman–Crippen MR) is 119 cm³/mol. The molecular formula is C17H34IN5O3S. The van der Waals surface area contributed by atoms with E-state index in [9.17, 15) is 13.2 Å². The van der Waals surface area contributed by atoms with Gasteiger partial charge >= 0.3 is 0 Å². The summed E-state index contributed by atoms with van der Waals surface area (Å²) >= 11 is 0. The number of hydrogen-bond acceptors (Lipinski definition) is 4. The van der Waals surface area contributed by atoms with Gasteiger partial charge in [-0.25, -0.2) is 18.1 Å². The van der Waals surface area contributed by atoms with Crippen LogP contribution in [0.3, 0.4) is 0 Å². The molecule has 2 rings (SSSR count). The fourth-order valence-corrected chi connectivity index (χ4v) is 4.87. The Bertz CT molecular complexity index is 606. The lowest BCUT2D eigenvalue weighted by atomic mass is 9.96. The molecule has 2 aliphatic rings. The van der Waals surface area contributed by atoms with Crippen LogP contribution in [-0.2, 0) is 14.8 Å². The van der Waals surface area contributed by atoms with Crippen LogP contribution in [0.2, 0.25) is 0 Å². The molecular weight excluding hydrogens is 481 g/mol. The number of rotatable bonds is 6. The lowest BCUT2D eigenvalue weighted by molar-refractivity contribution is -0.127. The number of halogens is 1. The van der Waals surface area contributed by atoms with E-state index in [1.165, 1.54) is 24.2 Å². The third kappa shape index (κ3) is 7.37. The van der Waals surface area contributed by atoms with Crippen LogP contribution in [0.5, 0.6) is 0 Å². The lowest BCUT2D eigenvalue weighted by Gasteiger charge is -2.29. The van der Waals surface area contributed by atoms with E-state index in [1.54, 1.807) is 21.0 Å². The van der Waals surface area contributed by atoms with E-state index in [1.807, 2.05) is 4.90 Å². The van der Waals surface area contributed by atoms with Crippen molar-refractivity contribution >= 4 is 45.9 Å². The Balaban J connectivity index is 0.00000364. The van der Waals surface area contributed by atoms with Crippen molar-refractivity contribution in [3.05, 3.63) is 0 Å². The number of guanidine groups is 1. The quantitative estimate of drug-likeness (QED) is 0.313. The Labute approximate surface area is 180 Å². The molecule has 1 amide bonds. The number of carbonyl (C=O) groups is 1. The van der Waals surface area contributed by atoms with Crippen molar-refractivity contribution in [3.8, 4) is 0 Å². The van der Waals surface area contributed by atoms with Gasteiger partial charge in [0.25, 0.3) is 0 Å². The summed E-state index contributed by atoms with van der Waals surface area (Å²) in [6.07, 6.45) is 6.40. The zero-order chi connectivity index (χ0) is 19.2. The van der Waals surface area contributed by atoms with Gasteiger partial charge in [-0.2, -0.15) is 0 Å². The second kappa shape index (κ2) is 11.4. The molecule has 1 aliphatic carbocycles. The number of likely N-dealkylation sites (tertiary alicyclic amines) is 1. The van der Waals surface area contributed by atoms with Gasteiger partial charge in [0.2, 0.25) is 15.9 Å². The van der Waals surface area contributed by atoms with Crippen LogP contribution in [0, 0.1) is 0 Å². The zero-order valence-electron chi connectivity index (χ0n) is 16.6. The number of carbonyl (C=O) groups excluding carboxylic acids is 1. The fourth-order valence-electron chi connectivity index (χ4n) is 3.44. The zero-order valence-corrected chi connectivity index (χ0v) is 19.8. The summed E-state index contributed by atoms with van der Waals surface area (Å²) in [5, 5.41) is 3.05. The van der Waals surface area contributed by atoms with Crippen molar-refractivity contribution in [3.63, 3.8) is 0 Å². The molecule has 0 aromatic rings. The predicted octanol–water partition coefficient (Wildman–Crippen LogP) is 0.985. The highest BCUT2D eigenvalue weighted by atomic mass is 127. The maximum Gasteiger partial charge on any atom is 0.243 e. The molecule has 0 aromatic carbocycles. The van der Waals surface area contributed by atoms with Gasteiger partial charge in [0.15, 0.2) is 5.96 Å². The Hall–Kier alpha value is -0.620. The highest BCUT2D eigenvalue weighted by Crippen LogP contribution is 2.20. The van der Waals surface area contributed by atoms with Crippen LogP contribution in [0.4, 0.5) is 0 Å². The maximum atomic E-state index is 12.3. The normalized spacial score (nSPS) is 21.7. The van der Waals surface area contributed by atoms with Gasteiger partial charge in [0.1, 0.15) is 6.54 Å². The van der Waals surface area contributed by atoms with Gasteiger partial charge in [-0.1, -0.05) is 26.2 Å². The summed E-state index contributed by atoms with van der Waals surface area (Å²) in [5.74, 6) is 0.602. The molecule has 10 heteroatoms. The molecule has 8 nitrogen and oxygen atoms in total. The van der Waals surface area contributed by atoms with E-state index in [-0.39, 0.29) is 36.4 Å². The first-order valence-electron chi connectivity index (χ1n) is 9.58. The molecule has 1 aliphatic heterocycles. The van der Waals surface area contributed by atoms with E-state index in [2.05, 4.69) is 15.0 Å². The molecule has 1 unspecified atom stereocenters. The smallest absolute Gasteiger partial charge is 0.243 e. The van der Waals surface area contributed by atoms with Crippen LogP contribution < -0.4 is 10.0 Å². The highest BCUT2D eigenvalue weighted by molar-refractivity contribution is 14.0. The second-order valence-corrected chi connectivity index (χ2v) is 9.35. The van der Waals surface area contributed by atoms with Gasteiger partial charge in [-0.3, -0.25) is 4.79 Å². The molecule has 0 bridgehead atoms. The SMILES string of the molecule is CCNS(=O)(=O)C1CCN(C(=NCC(=O)N(C)C)NC2CCCCC2)C1.I. The molecule has 0 radical (unpaired) electrons. The van der Waals surface area contributed by atoms with E-state index in [0.717, 1.165) is 12.8 Å². The van der Waals surface area contributed by atoms with Crippen LogP contribution in [0.15, 0.2) is 4.99 Å². The molecule has 2 fully saturated rings. The standard InChI is InChI=1S/C17H33N5O3S.HI/c1-4-19-26(24,25)15-10-11-22(13-15)17(18-12-16(23)21(2)3)20-14-8-6-5-7-9-14;/h14-15,19H,4-13H2,1-3H3,(H,18,20);1H. The summed E-state index contributed by atoms with van der Waals surface area (Å²) in [6.45, 7) is 3.29. The Morgan fingerprint density at radius 1 is 1.19 bits per heavy atom. The van der Waals surface area contributed by atoms with E-state index >= 15 is 0 Å². The van der Waals surface area contributed by atoms with Crippen LogP contribution in [0.1, 0.15) is 45.4 Å². The summed E-state index contributed by atoms with van der Waals surface area (Å²) < 4.78 is 27.2. The summed E-state index contributed by atoms with van der Waals surface area (Å²) in [6, 6.07) is 0.349. The topological polar surface area (TPSA) is 94.1 Å². The van der Waals surface area contributed by atoms with Crippen LogP contribution in [0.25, 0.3) is 0 Å². The number of nitrogens with one attached hydrogen (secondary N) is 2. The van der Waals surface area contributed by atoms with Crippen molar-refractivity contribution in [1.82, 2.24) is 19.8 Å². The van der Waals surface area contributed by atoms with Crippen molar-refractivity contribution in [2.45, 2.75) is 56.7 Å². The molecule has 0 spiro atoms. The first-order valence-corrected chi connectivity index (χ1v) is 11.1. The molecule has 1 saturated heterocycles. The number of nitrogens with zero attached hydrogens (tertiary/aromatic N) is 3. The van der Waals surface area contributed by atoms with E-state index in [0.29, 0.717) is 38.1 Å². The maximum absolute atomic E-state index is 12.3. The average molecular weight is 515 g/mol. The minimum Gasteiger partial charge on any atom is -0.353 e. The van der Waals surface area contributed by atoms with Crippen molar-refractivity contribution in [2.75, 3.05) is 40.3 Å². The molecule has 27 heavy (non-hydrogen) atoms. The van der Waals surface area contributed by atoms with Gasteiger partial charge in [-0.15, -0.1) is 24.0 Å². The van der Waals surface area contributed by atoms with Crippen molar-refractivity contribution in [2.24, 2.45) is 4.99 Å². The Morgan fingerprint density at radius 2 is 1.85 bits per heavy atom. The van der Waals surface area contributed by atoms with E-state index < -0.39 is 15.3 Å². The first kappa shape index (κ1) is 24.4. The van der Waals surface area contributed by atoms with Gasteiger partial charge in [-0.05, 0) is 19.3 Å². The van der Waals surface area contributed by atoms with Gasteiger partial charge < -0.3 is 15.1 Å². The largest absolute Gasteiger partial charge is 0.353 e.